The summed E-state index contributed by atoms with van der Waals surface area (Å²) >= 11 is 11.9. The molecule has 0 saturated carbocycles. The number of hydrogen-bond donors (Lipinski definition) is 0. The summed E-state index contributed by atoms with van der Waals surface area (Å²) in [5, 5.41) is 0.756. The number of benzene rings is 1. The molecule has 1 aromatic rings. The maximum Gasteiger partial charge on any atom is 0.0495 e. The van der Waals surface area contributed by atoms with Crippen molar-refractivity contribution in [3.8, 4) is 0 Å². The van der Waals surface area contributed by atoms with Crippen molar-refractivity contribution in [3.63, 3.8) is 0 Å². The van der Waals surface area contributed by atoms with E-state index in [1.165, 1.54) is 18.5 Å². The fraction of sp³-hybridized carbons (Fsp3) is 0.538. The summed E-state index contributed by atoms with van der Waals surface area (Å²) in [5.41, 5.74) is 2.34. The first-order chi connectivity index (χ1) is 7.72. The molecule has 1 nitrogen and oxygen atoms in total. The first-order valence-corrected chi connectivity index (χ1v) is 6.73. The average Bonchev–Trinajstić information content (AvgIpc) is 2.31. The molecule has 3 heteroatoms. The lowest BCUT2D eigenvalue weighted by Crippen LogP contribution is -2.24. The van der Waals surface area contributed by atoms with Gasteiger partial charge in [0.25, 0.3) is 0 Å². The quantitative estimate of drug-likeness (QED) is 0.670. The lowest BCUT2D eigenvalue weighted by Gasteiger charge is -2.25. The highest BCUT2D eigenvalue weighted by molar-refractivity contribution is 6.30. The smallest absolute Gasteiger partial charge is 0.0495 e. The summed E-state index contributed by atoms with van der Waals surface area (Å²) in [4.78, 5) is 2.36. The molecule has 0 aromatic heterocycles. The Morgan fingerprint density at radius 3 is 2.56 bits per heavy atom. The average molecular weight is 260 g/mol. The van der Waals surface area contributed by atoms with E-state index in [9.17, 15) is 0 Å². The molecule has 0 fully saturated rings. The first-order valence-electron chi connectivity index (χ1n) is 5.82. The van der Waals surface area contributed by atoms with E-state index in [0.29, 0.717) is 5.88 Å². The number of rotatable bonds is 6. The predicted octanol–water partition coefficient (Wildman–Crippen LogP) is 4.71. The molecule has 0 atom stereocenters. The Hall–Kier alpha value is -0.400. The Kier molecular flexibility index (Phi) is 6.00. The second-order valence-electron chi connectivity index (χ2n) is 3.84. The van der Waals surface area contributed by atoms with Crippen molar-refractivity contribution < 1.29 is 0 Å². The molecule has 0 heterocycles. The summed E-state index contributed by atoms with van der Waals surface area (Å²) in [7, 11) is 0. The lowest BCUT2D eigenvalue weighted by atomic mass is 10.1. The normalized spacial score (nSPS) is 10.5. The molecule has 0 radical (unpaired) electrons. The highest BCUT2D eigenvalue weighted by atomic mass is 35.5. The van der Waals surface area contributed by atoms with Crippen LogP contribution in [0.1, 0.15) is 32.3 Å². The zero-order valence-electron chi connectivity index (χ0n) is 9.97. The molecule has 0 amide bonds. The van der Waals surface area contributed by atoms with Crippen LogP contribution in [0.2, 0.25) is 5.02 Å². The highest BCUT2D eigenvalue weighted by Crippen LogP contribution is 2.26. The van der Waals surface area contributed by atoms with Crippen LogP contribution in [0.15, 0.2) is 18.2 Å². The number of alkyl halides is 1. The van der Waals surface area contributed by atoms with Crippen molar-refractivity contribution in [2.75, 3.05) is 18.0 Å². The van der Waals surface area contributed by atoms with Crippen LogP contribution < -0.4 is 4.90 Å². The highest BCUT2D eigenvalue weighted by Gasteiger charge is 2.09. The summed E-state index contributed by atoms with van der Waals surface area (Å²) in [5.74, 6) is 0.512. The van der Waals surface area contributed by atoms with Gasteiger partial charge in [0.2, 0.25) is 0 Å². The van der Waals surface area contributed by atoms with Gasteiger partial charge in [-0.25, -0.2) is 0 Å². The third-order valence-electron chi connectivity index (χ3n) is 2.69. The second kappa shape index (κ2) is 7.03. The van der Waals surface area contributed by atoms with Gasteiger partial charge in [0.1, 0.15) is 0 Å². The number of hydrogen-bond acceptors (Lipinski definition) is 1. The monoisotopic (exact) mass is 259 g/mol. The van der Waals surface area contributed by atoms with Crippen LogP contribution in [-0.2, 0) is 5.88 Å². The molecule has 0 bridgehead atoms. The van der Waals surface area contributed by atoms with Crippen LogP contribution in [0.5, 0.6) is 0 Å². The largest absolute Gasteiger partial charge is 0.372 e. The van der Waals surface area contributed by atoms with Gasteiger partial charge in [-0.15, -0.1) is 11.6 Å². The van der Waals surface area contributed by atoms with E-state index in [2.05, 4.69) is 24.8 Å². The van der Waals surface area contributed by atoms with Crippen LogP contribution in [0.25, 0.3) is 0 Å². The first kappa shape index (κ1) is 13.7. The van der Waals surface area contributed by atoms with Gasteiger partial charge in [-0.3, -0.25) is 0 Å². The van der Waals surface area contributed by atoms with Gasteiger partial charge < -0.3 is 4.90 Å². The van der Waals surface area contributed by atoms with E-state index >= 15 is 0 Å². The van der Waals surface area contributed by atoms with Gasteiger partial charge in [-0.05, 0) is 37.1 Å². The lowest BCUT2D eigenvalue weighted by molar-refractivity contribution is 0.730. The Morgan fingerprint density at radius 2 is 2.00 bits per heavy atom. The van der Waals surface area contributed by atoms with Crippen LogP contribution in [-0.4, -0.2) is 13.1 Å². The zero-order chi connectivity index (χ0) is 12.0. The summed E-state index contributed by atoms with van der Waals surface area (Å²) in [6.07, 6.45) is 2.42. The van der Waals surface area contributed by atoms with E-state index in [4.69, 9.17) is 23.2 Å². The van der Waals surface area contributed by atoms with Crippen molar-refractivity contribution in [1.29, 1.82) is 0 Å². The predicted molar refractivity (Wildman–Crippen MR) is 73.8 cm³/mol. The van der Waals surface area contributed by atoms with Crippen molar-refractivity contribution in [1.82, 2.24) is 0 Å². The molecule has 0 spiro atoms. The maximum atomic E-state index is 5.97. The van der Waals surface area contributed by atoms with Crippen molar-refractivity contribution >= 4 is 28.9 Å². The summed E-state index contributed by atoms with van der Waals surface area (Å²) < 4.78 is 0. The zero-order valence-corrected chi connectivity index (χ0v) is 11.5. The molecule has 0 aliphatic rings. The minimum absolute atomic E-state index is 0.512. The summed E-state index contributed by atoms with van der Waals surface area (Å²) in [6, 6.07) is 5.96. The standard InChI is InChI=1S/C13H19Cl2N/c1-3-5-8-16(4-2)13-7-6-12(15)9-11(13)10-14/h6-7,9H,3-5,8,10H2,1-2H3. The van der Waals surface area contributed by atoms with Gasteiger partial charge in [0.05, 0.1) is 0 Å². The van der Waals surface area contributed by atoms with E-state index in [1.54, 1.807) is 0 Å². The van der Waals surface area contributed by atoms with Gasteiger partial charge in [0, 0.05) is 29.7 Å². The van der Waals surface area contributed by atoms with Crippen LogP contribution >= 0.6 is 23.2 Å². The molecule has 1 aromatic carbocycles. The third kappa shape index (κ3) is 3.57. The molecular formula is C13H19Cl2N. The molecule has 0 aliphatic carbocycles. The number of anilines is 1. The van der Waals surface area contributed by atoms with Crippen LogP contribution in [0.4, 0.5) is 5.69 Å². The minimum Gasteiger partial charge on any atom is -0.372 e. The van der Waals surface area contributed by atoms with Gasteiger partial charge in [0.15, 0.2) is 0 Å². The molecule has 0 N–H and O–H groups in total. The van der Waals surface area contributed by atoms with E-state index in [0.717, 1.165) is 23.7 Å². The van der Waals surface area contributed by atoms with Crippen LogP contribution in [0, 0.1) is 0 Å². The Morgan fingerprint density at radius 1 is 1.25 bits per heavy atom. The molecule has 0 aliphatic heterocycles. The van der Waals surface area contributed by atoms with Crippen molar-refractivity contribution in [2.24, 2.45) is 0 Å². The SMILES string of the molecule is CCCCN(CC)c1ccc(Cl)cc1CCl. The molecule has 0 saturated heterocycles. The van der Waals surface area contributed by atoms with E-state index in [1.807, 2.05) is 12.1 Å². The van der Waals surface area contributed by atoms with Gasteiger partial charge >= 0.3 is 0 Å². The Labute approximate surface area is 108 Å². The fourth-order valence-electron chi connectivity index (χ4n) is 1.77. The number of unbranched alkanes of at least 4 members (excludes halogenated alkanes) is 1. The fourth-order valence-corrected chi connectivity index (χ4v) is 2.18. The van der Waals surface area contributed by atoms with Gasteiger partial charge in [-0.1, -0.05) is 24.9 Å². The molecule has 90 valence electrons. The summed E-state index contributed by atoms with van der Waals surface area (Å²) in [6.45, 7) is 6.46. The van der Waals surface area contributed by atoms with Crippen molar-refractivity contribution in [2.45, 2.75) is 32.6 Å². The van der Waals surface area contributed by atoms with Gasteiger partial charge in [-0.2, -0.15) is 0 Å². The Bertz CT molecular complexity index is 326. The number of nitrogens with zero attached hydrogens (tertiary/aromatic N) is 1. The molecule has 0 unspecified atom stereocenters. The van der Waals surface area contributed by atoms with Crippen LogP contribution in [0.3, 0.4) is 0 Å². The Balaban J connectivity index is 2.90. The van der Waals surface area contributed by atoms with Crippen molar-refractivity contribution in [3.05, 3.63) is 28.8 Å². The number of halogens is 2. The second-order valence-corrected chi connectivity index (χ2v) is 4.54. The van der Waals surface area contributed by atoms with E-state index in [-0.39, 0.29) is 0 Å². The topological polar surface area (TPSA) is 3.24 Å². The minimum atomic E-state index is 0.512. The molecule has 1 rings (SSSR count). The van der Waals surface area contributed by atoms with E-state index < -0.39 is 0 Å². The molecular weight excluding hydrogens is 241 g/mol. The third-order valence-corrected chi connectivity index (χ3v) is 3.21. The maximum absolute atomic E-state index is 5.97. The molecule has 16 heavy (non-hydrogen) atoms.